The quantitative estimate of drug-likeness (QED) is 0.736. The molecule has 2 aromatic carbocycles. The molecule has 5 nitrogen and oxygen atoms in total. The summed E-state index contributed by atoms with van der Waals surface area (Å²) in [6.45, 7) is -2.04. The second-order valence-electron chi connectivity index (χ2n) is 5.81. The number of carbonyl (C=O) groups is 1. The van der Waals surface area contributed by atoms with Crippen molar-refractivity contribution in [3.8, 4) is 5.75 Å². The lowest BCUT2D eigenvalue weighted by molar-refractivity contribution is -0.0521. The molecule has 9 heteroatoms. The monoisotopic (exact) mass is 444 g/mol. The first-order valence-electron chi connectivity index (χ1n) is 8.10. The number of hydrogen-bond acceptors (Lipinski definition) is 3. The number of benzene rings is 2. The molecule has 1 fully saturated rings. The fraction of sp³-hybridized carbons (Fsp3) is 0.278. The summed E-state index contributed by atoms with van der Waals surface area (Å²) in [5.74, 6) is -1.56. The summed E-state index contributed by atoms with van der Waals surface area (Å²) in [6, 6.07) is 10.4. The minimum atomic E-state index is -3.12. The molecule has 0 spiro atoms. The van der Waals surface area contributed by atoms with E-state index in [2.05, 4.69) is 26.0 Å². The molecule has 2 aromatic rings. The molecule has 2 amide bonds. The van der Waals surface area contributed by atoms with E-state index in [1.54, 1.807) is 4.90 Å². The molecule has 0 unspecified atom stereocenters. The molecule has 27 heavy (non-hydrogen) atoms. The van der Waals surface area contributed by atoms with Gasteiger partial charge in [-0.2, -0.15) is 8.78 Å². The number of amides is 2. The lowest BCUT2D eigenvalue weighted by Crippen LogP contribution is -2.44. The van der Waals surface area contributed by atoms with Crippen LogP contribution in [0, 0.1) is 5.82 Å². The van der Waals surface area contributed by atoms with Crippen molar-refractivity contribution in [2.75, 3.05) is 25.0 Å². The summed E-state index contributed by atoms with van der Waals surface area (Å²) in [7, 11) is 0. The molecule has 1 aliphatic heterocycles. The number of urea groups is 1. The number of anilines is 1. The van der Waals surface area contributed by atoms with E-state index >= 15 is 0 Å². The second kappa shape index (κ2) is 8.62. The maximum Gasteiger partial charge on any atom is 0.387 e. The largest absolute Gasteiger partial charge is 0.432 e. The molecule has 1 saturated heterocycles. The molecule has 1 heterocycles. The first-order valence-corrected chi connectivity index (χ1v) is 8.89. The van der Waals surface area contributed by atoms with Crippen molar-refractivity contribution in [2.24, 2.45) is 0 Å². The van der Waals surface area contributed by atoms with Gasteiger partial charge in [-0.3, -0.25) is 0 Å². The Kier molecular flexibility index (Phi) is 6.22. The third-order valence-corrected chi connectivity index (χ3v) is 4.52. The summed E-state index contributed by atoms with van der Waals surface area (Å²) < 4.78 is 48.8. The van der Waals surface area contributed by atoms with Gasteiger partial charge in [-0.05, 0) is 29.8 Å². The molecule has 3 rings (SSSR count). The van der Waals surface area contributed by atoms with E-state index in [4.69, 9.17) is 4.74 Å². The summed E-state index contributed by atoms with van der Waals surface area (Å²) in [5, 5.41) is 2.56. The van der Waals surface area contributed by atoms with Gasteiger partial charge in [0.05, 0.1) is 13.2 Å². The highest BCUT2D eigenvalue weighted by molar-refractivity contribution is 9.10. The highest BCUT2D eigenvalue weighted by Crippen LogP contribution is 2.26. The number of morpholine rings is 1. The number of halogens is 4. The van der Waals surface area contributed by atoms with E-state index in [1.165, 1.54) is 6.07 Å². The van der Waals surface area contributed by atoms with Crippen LogP contribution in [0.4, 0.5) is 23.7 Å². The Bertz CT molecular complexity index is 805. The highest BCUT2D eigenvalue weighted by Gasteiger charge is 2.25. The van der Waals surface area contributed by atoms with Crippen LogP contribution in [0.25, 0.3) is 0 Å². The lowest BCUT2D eigenvalue weighted by atomic mass is 10.1. The van der Waals surface area contributed by atoms with Crippen molar-refractivity contribution in [2.45, 2.75) is 12.7 Å². The van der Waals surface area contributed by atoms with Crippen LogP contribution in [0.1, 0.15) is 11.7 Å². The van der Waals surface area contributed by atoms with Gasteiger partial charge in [-0.15, -0.1) is 0 Å². The van der Waals surface area contributed by atoms with Gasteiger partial charge < -0.3 is 19.7 Å². The predicted octanol–water partition coefficient (Wildman–Crippen LogP) is 4.80. The molecule has 1 aliphatic rings. The van der Waals surface area contributed by atoms with Crippen molar-refractivity contribution in [3.05, 3.63) is 58.3 Å². The van der Waals surface area contributed by atoms with Crippen molar-refractivity contribution in [1.82, 2.24) is 4.90 Å². The molecule has 1 N–H and O–H groups in total. The summed E-state index contributed by atoms with van der Waals surface area (Å²) >= 11 is 3.37. The Morgan fingerprint density at radius 1 is 1.26 bits per heavy atom. The van der Waals surface area contributed by atoms with Crippen molar-refractivity contribution >= 4 is 27.6 Å². The maximum atomic E-state index is 13.8. The van der Waals surface area contributed by atoms with Gasteiger partial charge in [0.1, 0.15) is 6.10 Å². The van der Waals surface area contributed by atoms with Gasteiger partial charge in [-0.1, -0.05) is 28.1 Å². The molecule has 0 aromatic heterocycles. The van der Waals surface area contributed by atoms with E-state index in [1.807, 2.05) is 24.3 Å². The summed E-state index contributed by atoms with van der Waals surface area (Å²) in [5.41, 5.74) is 1.08. The zero-order valence-electron chi connectivity index (χ0n) is 14.0. The zero-order valence-corrected chi connectivity index (χ0v) is 15.6. The summed E-state index contributed by atoms with van der Waals surface area (Å²) in [6.07, 6.45) is -0.267. The van der Waals surface area contributed by atoms with E-state index < -0.39 is 24.2 Å². The SMILES string of the molecule is O=C(Nc1ccc(OC(F)F)c(F)c1)N1CCO[C@@H](c2ccc(Br)cc2)C1. The Balaban J connectivity index is 1.63. The molecule has 0 saturated carbocycles. The molecular formula is C18H16BrF3N2O3. The first-order chi connectivity index (χ1) is 12.9. The zero-order chi connectivity index (χ0) is 19.4. The Hall–Kier alpha value is -2.26. The molecule has 0 aliphatic carbocycles. The third-order valence-electron chi connectivity index (χ3n) is 3.99. The van der Waals surface area contributed by atoms with Crippen LogP contribution in [0.3, 0.4) is 0 Å². The van der Waals surface area contributed by atoms with Crippen LogP contribution in [-0.4, -0.2) is 37.2 Å². The fourth-order valence-electron chi connectivity index (χ4n) is 2.69. The standard InChI is InChI=1S/C18H16BrF3N2O3/c19-12-3-1-11(2-4-12)16-10-24(7-8-26-16)18(25)23-13-5-6-15(14(20)9-13)27-17(21)22/h1-6,9,16-17H,7-8,10H2,(H,23,25)/t16-/m1/s1. The van der Waals surface area contributed by atoms with Gasteiger partial charge in [-0.25, -0.2) is 9.18 Å². The molecular weight excluding hydrogens is 429 g/mol. The van der Waals surface area contributed by atoms with E-state index in [0.29, 0.717) is 19.7 Å². The van der Waals surface area contributed by atoms with Gasteiger partial charge >= 0.3 is 12.6 Å². The number of rotatable bonds is 4. The number of hydrogen-bond donors (Lipinski definition) is 1. The number of nitrogens with zero attached hydrogens (tertiary/aromatic N) is 1. The smallest absolute Gasteiger partial charge is 0.387 e. The molecule has 0 bridgehead atoms. The minimum absolute atomic E-state index is 0.144. The molecule has 144 valence electrons. The highest BCUT2D eigenvalue weighted by atomic mass is 79.9. The Morgan fingerprint density at radius 3 is 2.67 bits per heavy atom. The van der Waals surface area contributed by atoms with Crippen LogP contribution in [0.5, 0.6) is 5.75 Å². The van der Waals surface area contributed by atoms with Crippen molar-refractivity contribution in [1.29, 1.82) is 0 Å². The van der Waals surface area contributed by atoms with Gasteiger partial charge in [0, 0.05) is 22.8 Å². The van der Waals surface area contributed by atoms with E-state index in [9.17, 15) is 18.0 Å². The average Bonchev–Trinajstić information content (AvgIpc) is 2.64. The second-order valence-corrected chi connectivity index (χ2v) is 6.73. The van der Waals surface area contributed by atoms with Crippen molar-refractivity contribution in [3.63, 3.8) is 0 Å². The number of nitrogens with one attached hydrogen (secondary N) is 1. The van der Waals surface area contributed by atoms with Crippen LogP contribution in [0.2, 0.25) is 0 Å². The summed E-state index contributed by atoms with van der Waals surface area (Å²) in [4.78, 5) is 14.0. The Labute approximate surface area is 162 Å². The van der Waals surface area contributed by atoms with Gasteiger partial charge in [0.25, 0.3) is 0 Å². The minimum Gasteiger partial charge on any atom is -0.432 e. The predicted molar refractivity (Wildman–Crippen MR) is 96.5 cm³/mol. The van der Waals surface area contributed by atoms with E-state index in [0.717, 1.165) is 22.2 Å². The molecule has 0 radical (unpaired) electrons. The van der Waals surface area contributed by atoms with Crippen LogP contribution in [0.15, 0.2) is 46.9 Å². The third kappa shape index (κ3) is 5.14. The maximum absolute atomic E-state index is 13.8. The lowest BCUT2D eigenvalue weighted by Gasteiger charge is -2.33. The fourth-order valence-corrected chi connectivity index (χ4v) is 2.95. The van der Waals surface area contributed by atoms with Crippen LogP contribution in [-0.2, 0) is 4.74 Å². The van der Waals surface area contributed by atoms with Crippen molar-refractivity contribution < 1.29 is 27.4 Å². The van der Waals surface area contributed by atoms with Gasteiger partial charge in [0.2, 0.25) is 0 Å². The normalized spacial score (nSPS) is 17.1. The van der Waals surface area contributed by atoms with Gasteiger partial charge in [0.15, 0.2) is 11.6 Å². The van der Waals surface area contributed by atoms with Crippen LogP contribution >= 0.6 is 15.9 Å². The number of ether oxygens (including phenoxy) is 2. The topological polar surface area (TPSA) is 50.8 Å². The van der Waals surface area contributed by atoms with Crippen LogP contribution < -0.4 is 10.1 Å². The average molecular weight is 445 g/mol. The Morgan fingerprint density at radius 2 is 2.00 bits per heavy atom. The number of carbonyl (C=O) groups excluding carboxylic acids is 1. The molecule has 1 atom stereocenters. The first kappa shape index (κ1) is 19.5. The number of alkyl halides is 2. The van der Waals surface area contributed by atoms with E-state index in [-0.39, 0.29) is 11.8 Å².